The Bertz CT molecular complexity index is 1110. The average Bonchev–Trinajstić information content (AvgIpc) is 2.88. The van der Waals surface area contributed by atoms with E-state index in [4.69, 9.17) is 16.6 Å². The summed E-state index contributed by atoms with van der Waals surface area (Å²) in [5, 5.41) is 2.66. The number of alkyl halides is 1. The third-order valence-corrected chi connectivity index (χ3v) is 5.75. The van der Waals surface area contributed by atoms with Crippen LogP contribution in [0, 0.1) is 5.82 Å². The molecule has 0 bridgehead atoms. The van der Waals surface area contributed by atoms with Crippen LogP contribution in [0.25, 0.3) is 0 Å². The molecule has 3 aromatic carbocycles. The van der Waals surface area contributed by atoms with Gasteiger partial charge in [-0.2, -0.15) is 0 Å². The van der Waals surface area contributed by atoms with Gasteiger partial charge in [0.15, 0.2) is 0 Å². The third-order valence-electron chi connectivity index (χ3n) is 4.46. The molecule has 1 unspecified atom stereocenters. The first-order valence-electron chi connectivity index (χ1n) is 9.19. The number of carbonyl (C=O) groups is 1. The van der Waals surface area contributed by atoms with Crippen LogP contribution in [0.3, 0.4) is 0 Å². The summed E-state index contributed by atoms with van der Waals surface area (Å²) in [4.78, 5) is 19.3. The molecule has 1 aliphatic heterocycles. The van der Waals surface area contributed by atoms with Crippen LogP contribution in [0.4, 0.5) is 10.1 Å². The Balaban J connectivity index is 1.81. The molecule has 0 saturated carbocycles. The fraction of sp³-hybridized carbons (Fsp3) is 0.130. The van der Waals surface area contributed by atoms with E-state index in [1.807, 2.05) is 43.3 Å². The Morgan fingerprint density at radius 3 is 2.72 bits per heavy atom. The molecule has 1 N–H and O–H groups in total. The zero-order valence-corrected chi connectivity index (χ0v) is 17.2. The lowest BCUT2D eigenvalue weighted by Crippen LogP contribution is -2.28. The molecule has 0 spiro atoms. The first-order chi connectivity index (χ1) is 14.0. The van der Waals surface area contributed by atoms with E-state index in [9.17, 15) is 9.18 Å². The molecule has 146 valence electrons. The molecule has 1 heterocycles. The van der Waals surface area contributed by atoms with Crippen molar-refractivity contribution in [3.63, 3.8) is 0 Å². The van der Waals surface area contributed by atoms with Crippen molar-refractivity contribution in [1.29, 1.82) is 0 Å². The number of carbonyl (C=O) groups excluding carboxylic acids is 1. The van der Waals surface area contributed by atoms with Gasteiger partial charge in [0.1, 0.15) is 5.82 Å². The van der Waals surface area contributed by atoms with Crippen molar-refractivity contribution in [2.45, 2.75) is 22.1 Å². The van der Waals surface area contributed by atoms with Gasteiger partial charge in [0.05, 0.1) is 11.4 Å². The minimum Gasteiger partial charge on any atom is -0.351 e. The van der Waals surface area contributed by atoms with E-state index >= 15 is 0 Å². The first-order valence-corrected chi connectivity index (χ1v) is 10.4. The summed E-state index contributed by atoms with van der Waals surface area (Å²) < 4.78 is 13.9. The zero-order chi connectivity index (χ0) is 20.4. The topological polar surface area (TPSA) is 41.5 Å². The highest BCUT2D eigenvalue weighted by Crippen LogP contribution is 2.41. The van der Waals surface area contributed by atoms with Gasteiger partial charge in [-0.15, -0.1) is 11.6 Å². The molecule has 3 aromatic rings. The number of hydrogen-bond donors (Lipinski definition) is 1. The summed E-state index contributed by atoms with van der Waals surface area (Å²) in [5.41, 5.74) is 3.49. The molecule has 29 heavy (non-hydrogen) atoms. The molecule has 3 nitrogen and oxygen atoms in total. The van der Waals surface area contributed by atoms with E-state index in [1.165, 1.54) is 12.1 Å². The van der Waals surface area contributed by atoms with Gasteiger partial charge in [0.25, 0.3) is 5.91 Å². The van der Waals surface area contributed by atoms with Gasteiger partial charge in [-0.05, 0) is 43.3 Å². The summed E-state index contributed by atoms with van der Waals surface area (Å²) >= 11 is 7.51. The molecule has 0 saturated heterocycles. The van der Waals surface area contributed by atoms with E-state index in [0.717, 1.165) is 15.4 Å². The quantitative estimate of drug-likeness (QED) is 0.419. The van der Waals surface area contributed by atoms with Crippen molar-refractivity contribution in [1.82, 2.24) is 5.32 Å². The van der Waals surface area contributed by atoms with Gasteiger partial charge in [-0.25, -0.2) is 9.38 Å². The van der Waals surface area contributed by atoms with Crippen LogP contribution >= 0.6 is 23.4 Å². The number of benzene rings is 3. The van der Waals surface area contributed by atoms with Crippen LogP contribution in [-0.2, 0) is 0 Å². The van der Waals surface area contributed by atoms with Crippen molar-refractivity contribution in [3.05, 3.63) is 89.2 Å². The lowest BCUT2D eigenvalue weighted by atomic mass is 10.0. The highest BCUT2D eigenvalue weighted by molar-refractivity contribution is 7.99. The summed E-state index contributed by atoms with van der Waals surface area (Å²) in [7, 11) is 0. The second kappa shape index (κ2) is 8.39. The maximum absolute atomic E-state index is 13.9. The molecule has 0 aliphatic carbocycles. The maximum Gasteiger partial charge on any atom is 0.251 e. The molecule has 0 fully saturated rings. The van der Waals surface area contributed by atoms with Gasteiger partial charge >= 0.3 is 0 Å². The number of amides is 1. The van der Waals surface area contributed by atoms with Crippen molar-refractivity contribution in [3.8, 4) is 0 Å². The number of nitrogens with one attached hydrogen (secondary N) is 1. The first kappa shape index (κ1) is 19.7. The monoisotopic (exact) mass is 424 g/mol. The Hall–Kier alpha value is -2.63. The molecule has 4 rings (SSSR count). The number of fused-ring (bicyclic) bond motifs is 2. The van der Waals surface area contributed by atoms with Gasteiger partial charge < -0.3 is 5.32 Å². The second-order valence-electron chi connectivity index (χ2n) is 6.74. The third kappa shape index (κ3) is 4.36. The Morgan fingerprint density at radius 2 is 1.93 bits per heavy atom. The summed E-state index contributed by atoms with van der Waals surface area (Å²) in [6, 6.07) is 19.8. The van der Waals surface area contributed by atoms with Gasteiger partial charge in [0, 0.05) is 38.4 Å². The number of halogens is 2. The van der Waals surface area contributed by atoms with E-state index in [2.05, 4.69) is 5.32 Å². The van der Waals surface area contributed by atoms with Crippen molar-refractivity contribution >= 4 is 40.7 Å². The lowest BCUT2D eigenvalue weighted by Gasteiger charge is -2.09. The highest BCUT2D eigenvalue weighted by Gasteiger charge is 2.20. The second-order valence-corrected chi connectivity index (χ2v) is 8.57. The molecule has 0 aromatic heterocycles. The maximum atomic E-state index is 13.9. The van der Waals surface area contributed by atoms with E-state index in [-0.39, 0.29) is 17.1 Å². The summed E-state index contributed by atoms with van der Waals surface area (Å²) in [5.74, 6) is -0.516. The van der Waals surface area contributed by atoms with E-state index in [1.54, 1.807) is 30.0 Å². The smallest absolute Gasteiger partial charge is 0.251 e. The SMILES string of the molecule is CC(Cl)CNC(=O)c1ccc2c(c1)N=C(c1cccc(F)c1)c1ccccc1S2. The Kier molecular flexibility index (Phi) is 5.69. The molecule has 1 atom stereocenters. The molecule has 1 amide bonds. The molecule has 6 heteroatoms. The number of hydrogen-bond acceptors (Lipinski definition) is 3. The van der Waals surface area contributed by atoms with Gasteiger partial charge in [-0.3, -0.25) is 4.79 Å². The van der Waals surface area contributed by atoms with E-state index < -0.39 is 0 Å². The van der Waals surface area contributed by atoms with Gasteiger partial charge in [0.2, 0.25) is 0 Å². The Labute approximate surface area is 178 Å². The predicted octanol–water partition coefficient (Wildman–Crippen LogP) is 5.82. The van der Waals surface area contributed by atoms with Crippen molar-refractivity contribution in [2.24, 2.45) is 4.99 Å². The van der Waals surface area contributed by atoms with Crippen LogP contribution in [0.2, 0.25) is 0 Å². The van der Waals surface area contributed by atoms with E-state index in [0.29, 0.717) is 29.1 Å². The predicted molar refractivity (Wildman–Crippen MR) is 116 cm³/mol. The molecular formula is C23H18ClFN2OS. The summed E-state index contributed by atoms with van der Waals surface area (Å²) in [6.07, 6.45) is 0. The standard InChI is InChI=1S/C23H18ClFN2OS/c1-14(24)13-26-23(28)16-9-10-21-19(12-16)27-22(15-5-4-6-17(25)11-15)18-7-2-3-8-20(18)29-21/h2-12,14H,13H2,1H3,(H,26,28). The van der Waals surface area contributed by atoms with Crippen LogP contribution in [0.5, 0.6) is 0 Å². The van der Waals surface area contributed by atoms with Crippen LogP contribution in [0.15, 0.2) is 81.5 Å². The average molecular weight is 425 g/mol. The van der Waals surface area contributed by atoms with Crippen molar-refractivity contribution in [2.75, 3.05) is 6.54 Å². The summed E-state index contributed by atoms with van der Waals surface area (Å²) in [6.45, 7) is 2.21. The fourth-order valence-electron chi connectivity index (χ4n) is 3.07. The fourth-order valence-corrected chi connectivity index (χ4v) is 4.15. The number of rotatable bonds is 4. The van der Waals surface area contributed by atoms with Crippen molar-refractivity contribution < 1.29 is 9.18 Å². The molecule has 0 radical (unpaired) electrons. The van der Waals surface area contributed by atoms with Crippen LogP contribution in [0.1, 0.15) is 28.4 Å². The largest absolute Gasteiger partial charge is 0.351 e. The van der Waals surface area contributed by atoms with Crippen LogP contribution in [-0.4, -0.2) is 23.5 Å². The molecular weight excluding hydrogens is 407 g/mol. The highest BCUT2D eigenvalue weighted by atomic mass is 35.5. The Morgan fingerprint density at radius 1 is 1.10 bits per heavy atom. The van der Waals surface area contributed by atoms with Crippen LogP contribution < -0.4 is 5.32 Å². The number of nitrogens with zero attached hydrogens (tertiary/aromatic N) is 1. The number of aliphatic imine (C=N–C) groups is 1. The van der Waals surface area contributed by atoms with Gasteiger partial charge in [-0.1, -0.05) is 42.1 Å². The minimum absolute atomic E-state index is 0.151. The lowest BCUT2D eigenvalue weighted by molar-refractivity contribution is 0.0954. The molecule has 1 aliphatic rings. The minimum atomic E-state index is -0.317. The normalized spacial score (nSPS) is 13.6. The zero-order valence-electron chi connectivity index (χ0n) is 15.7.